The molecular formula is C20H18Cl2N4O5S. The number of carbonyl (C=O) groups is 1. The molecule has 0 unspecified atom stereocenters. The minimum atomic E-state index is -0.362. The van der Waals surface area contributed by atoms with Gasteiger partial charge in [0.1, 0.15) is 5.75 Å². The second-order valence-corrected chi connectivity index (χ2v) is 7.84. The van der Waals surface area contributed by atoms with Gasteiger partial charge in [-0.3, -0.25) is 4.79 Å². The summed E-state index contributed by atoms with van der Waals surface area (Å²) in [5.41, 5.74) is 3.05. The van der Waals surface area contributed by atoms with Gasteiger partial charge in [-0.1, -0.05) is 35.0 Å². The number of benzene rings is 2. The summed E-state index contributed by atoms with van der Waals surface area (Å²) >= 11 is 12.9. The number of phenolic OH excluding ortho intramolecular Hbond substituents is 1. The molecule has 9 nitrogen and oxygen atoms in total. The highest BCUT2D eigenvalue weighted by Gasteiger charge is 2.11. The monoisotopic (exact) mass is 496 g/mol. The Morgan fingerprint density at radius 2 is 2.06 bits per heavy atom. The molecule has 0 aliphatic heterocycles. The maximum absolute atomic E-state index is 12.0. The van der Waals surface area contributed by atoms with E-state index in [9.17, 15) is 9.90 Å². The smallest absolute Gasteiger partial charge is 0.277 e. The molecule has 32 heavy (non-hydrogen) atoms. The zero-order valence-corrected chi connectivity index (χ0v) is 19.1. The van der Waals surface area contributed by atoms with E-state index in [2.05, 4.69) is 20.7 Å². The van der Waals surface area contributed by atoms with E-state index in [1.807, 2.05) is 6.92 Å². The number of nitrogens with zero attached hydrogens (tertiary/aromatic N) is 3. The molecule has 1 heterocycles. The first kappa shape index (κ1) is 23.7. The van der Waals surface area contributed by atoms with E-state index in [-0.39, 0.29) is 35.1 Å². The summed E-state index contributed by atoms with van der Waals surface area (Å²) in [6.45, 7) is 2.25. The molecule has 2 N–H and O–H groups in total. The molecule has 0 aliphatic carbocycles. The van der Waals surface area contributed by atoms with E-state index in [0.29, 0.717) is 33.7 Å². The summed E-state index contributed by atoms with van der Waals surface area (Å²) in [7, 11) is 0. The van der Waals surface area contributed by atoms with Crippen LogP contribution in [-0.2, 0) is 11.4 Å². The van der Waals surface area contributed by atoms with Gasteiger partial charge in [-0.05, 0) is 48.9 Å². The number of hydrogen-bond donors (Lipinski definition) is 2. The Morgan fingerprint density at radius 1 is 1.22 bits per heavy atom. The van der Waals surface area contributed by atoms with Gasteiger partial charge >= 0.3 is 0 Å². The van der Waals surface area contributed by atoms with Crippen LogP contribution in [0.4, 0.5) is 0 Å². The predicted octanol–water partition coefficient (Wildman–Crippen LogP) is 4.30. The lowest BCUT2D eigenvalue weighted by atomic mass is 10.2. The fourth-order valence-corrected chi connectivity index (χ4v) is 3.34. The summed E-state index contributed by atoms with van der Waals surface area (Å²) in [4.78, 5) is 12.0. The molecule has 0 radical (unpaired) electrons. The van der Waals surface area contributed by atoms with E-state index in [0.717, 1.165) is 11.8 Å². The number of hydrogen-bond acceptors (Lipinski definition) is 9. The first-order valence-electron chi connectivity index (χ1n) is 9.25. The van der Waals surface area contributed by atoms with Gasteiger partial charge in [-0.15, -0.1) is 10.2 Å². The molecule has 12 heteroatoms. The van der Waals surface area contributed by atoms with Crippen molar-refractivity contribution in [1.29, 1.82) is 0 Å². The lowest BCUT2D eigenvalue weighted by Crippen LogP contribution is -2.19. The average Bonchev–Trinajstić information content (AvgIpc) is 3.22. The SMILES string of the molecule is CCOc1cc(/C=N\NC(=O)CSc2nnc(COc3ccc(Cl)cc3Cl)o2)ccc1O. The van der Waals surface area contributed by atoms with Crippen LogP contribution in [0.3, 0.4) is 0 Å². The number of aromatic nitrogens is 2. The van der Waals surface area contributed by atoms with Crippen LogP contribution in [0, 0.1) is 0 Å². The number of phenols is 1. The van der Waals surface area contributed by atoms with E-state index in [1.165, 1.54) is 12.3 Å². The predicted molar refractivity (Wildman–Crippen MR) is 121 cm³/mol. The molecule has 0 saturated heterocycles. The fourth-order valence-electron chi connectivity index (χ4n) is 2.31. The molecule has 0 aliphatic rings. The van der Waals surface area contributed by atoms with Crippen molar-refractivity contribution in [3.8, 4) is 17.2 Å². The zero-order chi connectivity index (χ0) is 22.9. The molecule has 2 aromatic carbocycles. The van der Waals surface area contributed by atoms with Gasteiger partial charge in [0.05, 0.1) is 23.6 Å². The molecule has 0 bridgehead atoms. The number of halogens is 2. The summed E-state index contributed by atoms with van der Waals surface area (Å²) < 4.78 is 16.3. The Morgan fingerprint density at radius 3 is 2.84 bits per heavy atom. The fraction of sp³-hybridized carbons (Fsp3) is 0.200. The average molecular weight is 497 g/mol. The van der Waals surface area contributed by atoms with Gasteiger partial charge < -0.3 is 19.0 Å². The van der Waals surface area contributed by atoms with Gasteiger partial charge in [0, 0.05) is 5.02 Å². The number of aromatic hydroxyl groups is 1. The molecule has 1 amide bonds. The highest BCUT2D eigenvalue weighted by molar-refractivity contribution is 7.99. The van der Waals surface area contributed by atoms with Crippen molar-refractivity contribution in [2.75, 3.05) is 12.4 Å². The number of ether oxygens (including phenoxy) is 2. The second-order valence-electron chi connectivity index (χ2n) is 6.07. The van der Waals surface area contributed by atoms with E-state index < -0.39 is 0 Å². The van der Waals surface area contributed by atoms with Crippen LogP contribution >= 0.6 is 35.0 Å². The molecule has 3 rings (SSSR count). The van der Waals surface area contributed by atoms with Crippen molar-refractivity contribution in [3.05, 3.63) is 57.9 Å². The number of carbonyl (C=O) groups excluding carboxylic acids is 1. The van der Waals surface area contributed by atoms with Gasteiger partial charge in [-0.25, -0.2) is 5.43 Å². The number of hydrazone groups is 1. The summed E-state index contributed by atoms with van der Waals surface area (Å²) in [5, 5.41) is 22.4. The van der Waals surface area contributed by atoms with Crippen LogP contribution in [0.5, 0.6) is 17.2 Å². The van der Waals surface area contributed by atoms with Crippen LogP contribution in [0.2, 0.25) is 10.0 Å². The van der Waals surface area contributed by atoms with Crippen molar-refractivity contribution in [2.24, 2.45) is 5.10 Å². The Labute approximate surface area is 197 Å². The third-order valence-corrected chi connectivity index (χ3v) is 5.06. The standard InChI is InChI=1S/C20H18Cl2N4O5S/c1-2-29-17-7-12(3-5-15(17)27)9-23-24-18(28)11-32-20-26-25-19(31-20)10-30-16-6-4-13(21)8-14(16)22/h3-9,27H,2,10-11H2,1H3,(H,24,28)/b23-9-. The normalized spacial score (nSPS) is 11.0. The summed E-state index contributed by atoms with van der Waals surface area (Å²) in [5.74, 6) is 0.691. The van der Waals surface area contributed by atoms with Gasteiger partial charge in [0.25, 0.3) is 17.0 Å². The minimum Gasteiger partial charge on any atom is -0.504 e. The second kappa shape index (κ2) is 11.6. The quantitative estimate of drug-likeness (QED) is 0.242. The highest BCUT2D eigenvalue weighted by atomic mass is 35.5. The van der Waals surface area contributed by atoms with Crippen molar-refractivity contribution in [1.82, 2.24) is 15.6 Å². The largest absolute Gasteiger partial charge is 0.504 e. The molecule has 0 fully saturated rings. The van der Waals surface area contributed by atoms with Crippen LogP contribution in [-0.4, -0.2) is 39.8 Å². The third kappa shape index (κ3) is 7.04. The molecule has 0 atom stereocenters. The van der Waals surface area contributed by atoms with E-state index in [1.54, 1.807) is 30.3 Å². The molecular weight excluding hydrogens is 479 g/mol. The first-order chi connectivity index (χ1) is 15.4. The van der Waals surface area contributed by atoms with Crippen molar-refractivity contribution < 1.29 is 23.8 Å². The molecule has 0 saturated carbocycles. The summed E-state index contributed by atoms with van der Waals surface area (Å²) in [6, 6.07) is 9.59. The number of thioether (sulfide) groups is 1. The Balaban J connectivity index is 1.44. The highest BCUT2D eigenvalue weighted by Crippen LogP contribution is 2.28. The Bertz CT molecular complexity index is 1110. The van der Waals surface area contributed by atoms with Crippen LogP contribution < -0.4 is 14.9 Å². The van der Waals surface area contributed by atoms with Crippen LogP contribution in [0.25, 0.3) is 0 Å². The lowest BCUT2D eigenvalue weighted by molar-refractivity contribution is -0.118. The Hall–Kier alpha value is -2.95. The number of amides is 1. The van der Waals surface area contributed by atoms with Crippen molar-refractivity contribution >= 4 is 47.1 Å². The zero-order valence-electron chi connectivity index (χ0n) is 16.7. The first-order valence-corrected chi connectivity index (χ1v) is 11.0. The summed E-state index contributed by atoms with van der Waals surface area (Å²) in [6.07, 6.45) is 1.44. The van der Waals surface area contributed by atoms with Crippen LogP contribution in [0.1, 0.15) is 18.4 Å². The van der Waals surface area contributed by atoms with E-state index >= 15 is 0 Å². The van der Waals surface area contributed by atoms with Gasteiger partial charge in [0.2, 0.25) is 0 Å². The van der Waals surface area contributed by atoms with Crippen molar-refractivity contribution in [2.45, 2.75) is 18.8 Å². The van der Waals surface area contributed by atoms with E-state index in [4.69, 9.17) is 37.1 Å². The number of nitrogens with one attached hydrogen (secondary N) is 1. The Kier molecular flexibility index (Phi) is 8.60. The number of rotatable bonds is 10. The minimum absolute atomic E-state index is 0.0156. The van der Waals surface area contributed by atoms with Crippen LogP contribution in [0.15, 0.2) is 51.1 Å². The molecule has 0 spiro atoms. The van der Waals surface area contributed by atoms with Gasteiger partial charge in [-0.2, -0.15) is 5.10 Å². The maximum Gasteiger partial charge on any atom is 0.277 e. The molecule has 1 aromatic heterocycles. The topological polar surface area (TPSA) is 119 Å². The molecule has 168 valence electrons. The lowest BCUT2D eigenvalue weighted by Gasteiger charge is -2.06. The third-order valence-electron chi connectivity index (χ3n) is 3.71. The molecule has 3 aromatic rings. The van der Waals surface area contributed by atoms with Gasteiger partial charge in [0.15, 0.2) is 18.1 Å². The van der Waals surface area contributed by atoms with Crippen molar-refractivity contribution in [3.63, 3.8) is 0 Å². The maximum atomic E-state index is 12.0.